The van der Waals surface area contributed by atoms with E-state index >= 15 is 0 Å². The van der Waals surface area contributed by atoms with Crippen LogP contribution in [0.5, 0.6) is 0 Å². The van der Waals surface area contributed by atoms with Gasteiger partial charge in [-0.1, -0.05) is 43.6 Å². The molecule has 2 aromatic rings. The van der Waals surface area contributed by atoms with Crippen molar-refractivity contribution >= 4 is 23.3 Å². The average Bonchev–Trinajstić information content (AvgIpc) is 2.53. The number of halogens is 1. The van der Waals surface area contributed by atoms with Gasteiger partial charge in [-0.2, -0.15) is 0 Å². The van der Waals surface area contributed by atoms with Crippen molar-refractivity contribution in [3.05, 3.63) is 52.4 Å². The second-order valence-corrected chi connectivity index (χ2v) is 6.48. The van der Waals surface area contributed by atoms with Gasteiger partial charge in [0.05, 0.1) is 0 Å². The summed E-state index contributed by atoms with van der Waals surface area (Å²) in [5.74, 6) is 1.60. The monoisotopic (exact) mass is 346 g/mol. The predicted octanol–water partition coefficient (Wildman–Crippen LogP) is 3.83. The summed E-state index contributed by atoms with van der Waals surface area (Å²) in [5.41, 5.74) is 1.22. The maximum absolute atomic E-state index is 12.3. The van der Waals surface area contributed by atoms with Gasteiger partial charge < -0.3 is 10.6 Å². The van der Waals surface area contributed by atoms with E-state index < -0.39 is 0 Å². The van der Waals surface area contributed by atoms with Crippen molar-refractivity contribution in [2.45, 2.75) is 33.7 Å². The molecular weight excluding hydrogens is 324 g/mol. The molecule has 0 aliphatic carbocycles. The molecule has 0 saturated carbocycles. The fraction of sp³-hybridized carbons (Fsp3) is 0.389. The number of benzene rings is 1. The lowest BCUT2D eigenvalue weighted by Crippen LogP contribution is -2.24. The van der Waals surface area contributed by atoms with Gasteiger partial charge in [-0.05, 0) is 30.9 Å². The minimum absolute atomic E-state index is 0.243. The maximum atomic E-state index is 12.3. The van der Waals surface area contributed by atoms with Crippen LogP contribution in [0, 0.1) is 12.8 Å². The topological polar surface area (TPSA) is 66.9 Å². The molecule has 2 N–H and O–H groups in total. The van der Waals surface area contributed by atoms with Crippen LogP contribution >= 0.6 is 11.6 Å². The molecule has 0 atom stereocenters. The van der Waals surface area contributed by atoms with Gasteiger partial charge in [0, 0.05) is 24.2 Å². The third-order valence-electron chi connectivity index (χ3n) is 3.50. The molecule has 2 rings (SSSR count). The Morgan fingerprint density at radius 2 is 2.00 bits per heavy atom. The van der Waals surface area contributed by atoms with Crippen molar-refractivity contribution in [3.8, 4) is 0 Å². The maximum Gasteiger partial charge on any atom is 0.270 e. The van der Waals surface area contributed by atoms with E-state index in [0.717, 1.165) is 18.5 Å². The number of aromatic nitrogens is 2. The van der Waals surface area contributed by atoms with Crippen molar-refractivity contribution in [3.63, 3.8) is 0 Å². The van der Waals surface area contributed by atoms with Crippen LogP contribution in [0.1, 0.15) is 42.1 Å². The van der Waals surface area contributed by atoms with Crippen LogP contribution in [0.4, 0.5) is 5.82 Å². The molecule has 128 valence electrons. The summed E-state index contributed by atoms with van der Waals surface area (Å²) in [6, 6.07) is 9.10. The molecule has 0 bridgehead atoms. The summed E-state index contributed by atoms with van der Waals surface area (Å²) in [6.45, 7) is 7.28. The molecule has 1 aromatic heterocycles. The Morgan fingerprint density at radius 1 is 1.25 bits per heavy atom. The number of rotatable bonds is 7. The zero-order valence-corrected chi connectivity index (χ0v) is 15.0. The molecule has 0 fully saturated rings. The Morgan fingerprint density at radius 3 is 2.71 bits per heavy atom. The summed E-state index contributed by atoms with van der Waals surface area (Å²) in [4.78, 5) is 20.9. The van der Waals surface area contributed by atoms with Gasteiger partial charge >= 0.3 is 0 Å². The van der Waals surface area contributed by atoms with Gasteiger partial charge in [0.2, 0.25) is 0 Å². The van der Waals surface area contributed by atoms with Gasteiger partial charge in [0.15, 0.2) is 0 Å². The van der Waals surface area contributed by atoms with Crippen LogP contribution < -0.4 is 10.6 Å². The highest BCUT2D eigenvalue weighted by molar-refractivity contribution is 6.31. The summed E-state index contributed by atoms with van der Waals surface area (Å²) >= 11 is 6.10. The number of hydrogen-bond acceptors (Lipinski definition) is 4. The SMILES string of the molecule is Cc1nc(NCCC(C)C)cc(C(=O)NCc2ccccc2Cl)n1. The number of nitrogens with zero attached hydrogens (tertiary/aromatic N) is 2. The molecule has 0 saturated heterocycles. The quantitative estimate of drug-likeness (QED) is 0.799. The van der Waals surface area contributed by atoms with E-state index in [1.54, 1.807) is 19.1 Å². The third kappa shape index (κ3) is 5.49. The largest absolute Gasteiger partial charge is 0.370 e. The molecule has 24 heavy (non-hydrogen) atoms. The summed E-state index contributed by atoms with van der Waals surface area (Å²) in [5, 5.41) is 6.72. The molecule has 0 aliphatic heterocycles. The molecule has 1 amide bonds. The summed E-state index contributed by atoms with van der Waals surface area (Å²) in [6.07, 6.45) is 1.04. The molecule has 6 heteroatoms. The first-order chi connectivity index (χ1) is 11.5. The predicted molar refractivity (Wildman–Crippen MR) is 97.3 cm³/mol. The van der Waals surface area contributed by atoms with Crippen molar-refractivity contribution in [2.24, 2.45) is 5.92 Å². The molecule has 1 aromatic carbocycles. The van der Waals surface area contributed by atoms with E-state index in [1.165, 1.54) is 0 Å². The first-order valence-electron chi connectivity index (χ1n) is 8.07. The first-order valence-corrected chi connectivity index (χ1v) is 8.44. The van der Waals surface area contributed by atoms with Gasteiger partial charge in [-0.3, -0.25) is 4.79 Å². The lowest BCUT2D eigenvalue weighted by Gasteiger charge is -2.10. The Balaban J connectivity index is 2.00. The number of carbonyl (C=O) groups excluding carboxylic acids is 1. The van der Waals surface area contributed by atoms with Gasteiger partial charge in [-0.15, -0.1) is 0 Å². The Labute approximate surface area is 147 Å². The van der Waals surface area contributed by atoms with Gasteiger partial charge in [0.1, 0.15) is 17.3 Å². The zero-order valence-electron chi connectivity index (χ0n) is 14.3. The number of hydrogen-bond donors (Lipinski definition) is 2. The fourth-order valence-corrected chi connectivity index (χ4v) is 2.37. The van der Waals surface area contributed by atoms with Crippen LogP contribution in [-0.2, 0) is 6.54 Å². The van der Waals surface area contributed by atoms with Crippen molar-refractivity contribution in [2.75, 3.05) is 11.9 Å². The second-order valence-electron chi connectivity index (χ2n) is 6.07. The van der Waals surface area contributed by atoms with Crippen molar-refractivity contribution in [1.82, 2.24) is 15.3 Å². The third-order valence-corrected chi connectivity index (χ3v) is 3.86. The van der Waals surface area contributed by atoms with Crippen LogP contribution in [0.15, 0.2) is 30.3 Å². The Hall–Kier alpha value is -2.14. The molecule has 0 unspecified atom stereocenters. The Bertz CT molecular complexity index is 703. The molecule has 0 aliphatic rings. The highest BCUT2D eigenvalue weighted by atomic mass is 35.5. The average molecular weight is 347 g/mol. The van der Waals surface area contributed by atoms with Crippen LogP contribution in [0.2, 0.25) is 5.02 Å². The van der Waals surface area contributed by atoms with Crippen LogP contribution in [0.3, 0.4) is 0 Å². The standard InChI is InChI=1S/C18H23ClN4O/c1-12(2)8-9-20-17-10-16(22-13(3)23-17)18(24)21-11-14-6-4-5-7-15(14)19/h4-7,10,12H,8-9,11H2,1-3H3,(H,21,24)(H,20,22,23). The van der Waals surface area contributed by atoms with Crippen LogP contribution in [0.25, 0.3) is 0 Å². The number of carbonyl (C=O) groups is 1. The molecular formula is C18H23ClN4O. The molecule has 0 radical (unpaired) electrons. The van der Waals surface area contributed by atoms with Crippen molar-refractivity contribution < 1.29 is 4.79 Å². The van der Waals surface area contributed by atoms with Crippen LogP contribution in [-0.4, -0.2) is 22.4 Å². The highest BCUT2D eigenvalue weighted by Crippen LogP contribution is 2.15. The number of aryl methyl sites for hydroxylation is 1. The van der Waals surface area contributed by atoms with E-state index in [0.29, 0.717) is 34.8 Å². The number of nitrogens with one attached hydrogen (secondary N) is 2. The van der Waals surface area contributed by atoms with E-state index in [4.69, 9.17) is 11.6 Å². The van der Waals surface area contributed by atoms with Crippen molar-refractivity contribution in [1.29, 1.82) is 0 Å². The minimum Gasteiger partial charge on any atom is -0.370 e. The normalized spacial score (nSPS) is 10.7. The first kappa shape index (κ1) is 18.2. The summed E-state index contributed by atoms with van der Waals surface area (Å²) in [7, 11) is 0. The second kappa shape index (κ2) is 8.64. The lowest BCUT2D eigenvalue weighted by atomic mass is 10.1. The lowest BCUT2D eigenvalue weighted by molar-refractivity contribution is 0.0945. The molecule has 0 spiro atoms. The van der Waals surface area contributed by atoms with Gasteiger partial charge in [0.25, 0.3) is 5.91 Å². The van der Waals surface area contributed by atoms with E-state index in [-0.39, 0.29) is 5.91 Å². The van der Waals surface area contributed by atoms with E-state index in [2.05, 4.69) is 34.4 Å². The van der Waals surface area contributed by atoms with E-state index in [9.17, 15) is 4.79 Å². The minimum atomic E-state index is -0.243. The fourth-order valence-electron chi connectivity index (χ4n) is 2.17. The number of anilines is 1. The van der Waals surface area contributed by atoms with E-state index in [1.807, 2.05) is 18.2 Å². The Kier molecular flexibility index (Phi) is 6.55. The highest BCUT2D eigenvalue weighted by Gasteiger charge is 2.11. The molecule has 5 nitrogen and oxygen atoms in total. The molecule has 1 heterocycles. The zero-order chi connectivity index (χ0) is 17.5. The number of amides is 1. The van der Waals surface area contributed by atoms with Gasteiger partial charge in [-0.25, -0.2) is 9.97 Å². The summed E-state index contributed by atoms with van der Waals surface area (Å²) < 4.78 is 0. The smallest absolute Gasteiger partial charge is 0.270 e.